The minimum atomic E-state index is -0.613. The molecule has 1 aromatic heterocycles. The van der Waals surface area contributed by atoms with Crippen LogP contribution < -0.4 is 0 Å². The van der Waals surface area contributed by atoms with Crippen molar-refractivity contribution in [2.24, 2.45) is 0 Å². The molecule has 1 aliphatic heterocycles. The van der Waals surface area contributed by atoms with Crippen LogP contribution in [0.25, 0.3) is 11.8 Å². The fraction of sp³-hybridized carbons (Fsp3) is 0.211. The monoisotopic (exact) mass is 404 g/mol. The number of rotatable bonds is 5. The van der Waals surface area contributed by atoms with Gasteiger partial charge < -0.3 is 9.30 Å². The molecule has 3 rings (SSSR count). The van der Waals surface area contributed by atoms with E-state index in [-0.39, 0.29) is 11.0 Å². The van der Waals surface area contributed by atoms with Crippen molar-refractivity contribution >= 4 is 46.6 Å². The van der Waals surface area contributed by atoms with Crippen LogP contribution in [-0.4, -0.2) is 39.2 Å². The minimum absolute atomic E-state index is 0.256. The zero-order chi connectivity index (χ0) is 19.6. The molecule has 6 nitrogen and oxygen atoms in total. The summed E-state index contributed by atoms with van der Waals surface area (Å²) in [7, 11) is 0. The van der Waals surface area contributed by atoms with Gasteiger partial charge in [0.05, 0.1) is 11.0 Å². The van der Waals surface area contributed by atoms with Gasteiger partial charge in [0.25, 0.3) is 11.1 Å². The van der Waals surface area contributed by atoms with E-state index in [4.69, 9.17) is 16.3 Å². The van der Waals surface area contributed by atoms with Crippen molar-refractivity contribution < 1.29 is 19.1 Å². The standard InChI is InChI=1S/C19H17ClN2O4S/c1-12(2)26-17(23)11-22-18(24)16(27-19(22)25)10-15-4-3-9-21(15)14-7-5-13(20)6-8-14/h3-10,12H,11H2,1-2H3/b16-10+. The van der Waals surface area contributed by atoms with Gasteiger partial charge in [0.2, 0.25) is 0 Å². The third kappa shape index (κ3) is 4.43. The highest BCUT2D eigenvalue weighted by Crippen LogP contribution is 2.32. The summed E-state index contributed by atoms with van der Waals surface area (Å²) in [6.45, 7) is 3.02. The molecule has 0 saturated carbocycles. The Bertz CT molecular complexity index is 918. The number of nitrogens with zero attached hydrogens (tertiary/aromatic N) is 2. The zero-order valence-corrected chi connectivity index (χ0v) is 16.3. The second-order valence-electron chi connectivity index (χ2n) is 6.09. The van der Waals surface area contributed by atoms with Gasteiger partial charge in [-0.25, -0.2) is 0 Å². The van der Waals surface area contributed by atoms with Crippen LogP contribution in [0.5, 0.6) is 0 Å². The maximum atomic E-state index is 12.5. The molecular formula is C19H17ClN2O4S. The number of imide groups is 1. The fourth-order valence-electron chi connectivity index (χ4n) is 2.55. The van der Waals surface area contributed by atoms with Crippen molar-refractivity contribution in [3.8, 4) is 5.69 Å². The lowest BCUT2D eigenvalue weighted by Gasteiger charge is -2.13. The van der Waals surface area contributed by atoms with Gasteiger partial charge >= 0.3 is 5.97 Å². The van der Waals surface area contributed by atoms with Crippen molar-refractivity contribution in [3.05, 3.63) is 58.2 Å². The van der Waals surface area contributed by atoms with Crippen molar-refractivity contribution in [2.75, 3.05) is 6.54 Å². The molecule has 2 aromatic rings. The van der Waals surface area contributed by atoms with Crippen LogP contribution in [0.2, 0.25) is 5.02 Å². The lowest BCUT2D eigenvalue weighted by atomic mass is 10.3. The number of aromatic nitrogens is 1. The number of benzene rings is 1. The second kappa shape index (κ2) is 8.02. The number of thioether (sulfide) groups is 1. The summed E-state index contributed by atoms with van der Waals surface area (Å²) in [5.74, 6) is -1.12. The fourth-order valence-corrected chi connectivity index (χ4v) is 3.50. The minimum Gasteiger partial charge on any atom is -0.462 e. The molecule has 0 N–H and O–H groups in total. The first kappa shape index (κ1) is 19.3. The topological polar surface area (TPSA) is 68.6 Å². The molecule has 0 bridgehead atoms. The van der Waals surface area contributed by atoms with Crippen molar-refractivity contribution in [1.82, 2.24) is 9.47 Å². The van der Waals surface area contributed by atoms with E-state index in [0.29, 0.717) is 5.02 Å². The smallest absolute Gasteiger partial charge is 0.326 e. The summed E-state index contributed by atoms with van der Waals surface area (Å²) in [6, 6.07) is 10.9. The van der Waals surface area contributed by atoms with Crippen LogP contribution in [-0.2, 0) is 14.3 Å². The van der Waals surface area contributed by atoms with E-state index >= 15 is 0 Å². The Hall–Kier alpha value is -2.51. The maximum Gasteiger partial charge on any atom is 0.326 e. The molecule has 2 heterocycles. The number of carbonyl (C=O) groups is 3. The highest BCUT2D eigenvalue weighted by molar-refractivity contribution is 8.18. The van der Waals surface area contributed by atoms with Crippen molar-refractivity contribution in [2.45, 2.75) is 20.0 Å². The van der Waals surface area contributed by atoms with Gasteiger partial charge in [-0.2, -0.15) is 0 Å². The number of carbonyl (C=O) groups excluding carboxylic acids is 3. The lowest BCUT2D eigenvalue weighted by Crippen LogP contribution is -2.35. The van der Waals surface area contributed by atoms with E-state index < -0.39 is 23.7 Å². The molecule has 0 aliphatic carbocycles. The Morgan fingerprint density at radius 3 is 2.59 bits per heavy atom. The average Bonchev–Trinajstić information content (AvgIpc) is 3.15. The predicted octanol–water partition coefficient (Wildman–Crippen LogP) is 4.12. The first-order valence-electron chi connectivity index (χ1n) is 8.23. The second-order valence-corrected chi connectivity index (χ2v) is 7.52. The van der Waals surface area contributed by atoms with E-state index in [1.54, 1.807) is 32.1 Å². The molecule has 0 radical (unpaired) electrons. The van der Waals surface area contributed by atoms with Crippen molar-refractivity contribution in [1.29, 1.82) is 0 Å². The highest BCUT2D eigenvalue weighted by Gasteiger charge is 2.37. The molecule has 2 amide bonds. The van der Waals surface area contributed by atoms with Crippen molar-refractivity contribution in [3.63, 3.8) is 0 Å². The number of amides is 2. The molecule has 0 unspecified atom stereocenters. The first-order chi connectivity index (χ1) is 12.8. The average molecular weight is 405 g/mol. The summed E-state index contributed by atoms with van der Waals surface area (Å²) in [4.78, 5) is 37.6. The van der Waals surface area contributed by atoms with Gasteiger partial charge in [-0.15, -0.1) is 0 Å². The van der Waals surface area contributed by atoms with Crippen LogP contribution in [0.15, 0.2) is 47.5 Å². The van der Waals surface area contributed by atoms with Crippen LogP contribution in [0.4, 0.5) is 4.79 Å². The summed E-state index contributed by atoms with van der Waals surface area (Å²) in [6.07, 6.45) is 3.17. The Kier molecular flexibility index (Phi) is 5.72. The van der Waals surface area contributed by atoms with Crippen LogP contribution >= 0.6 is 23.4 Å². The summed E-state index contributed by atoms with van der Waals surface area (Å²) in [5, 5.41) is 0.137. The van der Waals surface area contributed by atoms with Gasteiger partial charge in [-0.05, 0) is 68.1 Å². The van der Waals surface area contributed by atoms with Gasteiger partial charge in [-0.1, -0.05) is 11.6 Å². The SMILES string of the molecule is CC(C)OC(=O)CN1C(=O)S/C(=C/c2cccn2-c2ccc(Cl)cc2)C1=O. The Labute approximate surface area is 165 Å². The molecule has 1 aliphatic rings. The van der Waals surface area contributed by atoms with Crippen LogP contribution in [0, 0.1) is 0 Å². The number of hydrogen-bond donors (Lipinski definition) is 0. The molecule has 27 heavy (non-hydrogen) atoms. The predicted molar refractivity (Wildman–Crippen MR) is 105 cm³/mol. The van der Waals surface area contributed by atoms with Crippen LogP contribution in [0.1, 0.15) is 19.5 Å². The zero-order valence-electron chi connectivity index (χ0n) is 14.7. The third-order valence-electron chi connectivity index (χ3n) is 3.69. The molecule has 1 fully saturated rings. The summed E-state index contributed by atoms with van der Waals surface area (Å²) in [5.41, 5.74) is 1.60. The van der Waals surface area contributed by atoms with Gasteiger partial charge in [0.1, 0.15) is 6.54 Å². The van der Waals surface area contributed by atoms with E-state index in [1.165, 1.54) is 0 Å². The number of halogens is 1. The van der Waals surface area contributed by atoms with E-state index in [9.17, 15) is 14.4 Å². The summed E-state index contributed by atoms with van der Waals surface area (Å²) < 4.78 is 6.88. The summed E-state index contributed by atoms with van der Waals surface area (Å²) >= 11 is 6.73. The Morgan fingerprint density at radius 2 is 1.93 bits per heavy atom. The van der Waals surface area contributed by atoms with Gasteiger partial charge in [0, 0.05) is 22.6 Å². The van der Waals surface area contributed by atoms with E-state index in [0.717, 1.165) is 28.0 Å². The molecule has 1 saturated heterocycles. The van der Waals surface area contributed by atoms with Crippen LogP contribution in [0.3, 0.4) is 0 Å². The Morgan fingerprint density at radius 1 is 1.22 bits per heavy atom. The molecule has 8 heteroatoms. The highest BCUT2D eigenvalue weighted by atomic mass is 35.5. The van der Waals surface area contributed by atoms with E-state index in [1.807, 2.05) is 35.0 Å². The lowest BCUT2D eigenvalue weighted by molar-refractivity contribution is -0.149. The number of esters is 1. The quantitative estimate of drug-likeness (QED) is 0.554. The largest absolute Gasteiger partial charge is 0.462 e. The normalized spacial score (nSPS) is 15.9. The molecular weight excluding hydrogens is 388 g/mol. The van der Waals surface area contributed by atoms with Gasteiger partial charge in [-0.3, -0.25) is 19.3 Å². The molecule has 0 spiro atoms. The number of ether oxygens (including phenoxy) is 1. The first-order valence-corrected chi connectivity index (χ1v) is 9.43. The Balaban J connectivity index is 1.82. The third-order valence-corrected chi connectivity index (χ3v) is 4.85. The van der Waals surface area contributed by atoms with E-state index in [2.05, 4.69) is 0 Å². The molecule has 0 atom stereocenters. The molecule has 140 valence electrons. The molecule has 1 aromatic carbocycles. The maximum absolute atomic E-state index is 12.5. The van der Waals surface area contributed by atoms with Gasteiger partial charge in [0.15, 0.2) is 0 Å². The number of hydrogen-bond acceptors (Lipinski definition) is 5.